The Morgan fingerprint density at radius 3 is 1.23 bits per heavy atom. The fourth-order valence-corrected chi connectivity index (χ4v) is 7.09. The number of H-pyrrole nitrogens is 2. The van der Waals surface area contributed by atoms with Crippen molar-refractivity contribution in [2.24, 2.45) is 0 Å². The molecule has 6 aromatic rings. The number of imidazole rings is 2. The van der Waals surface area contributed by atoms with E-state index in [-0.39, 0.29) is 24.3 Å². The number of carbonyl (C=O) groups excluding carboxylic acids is 2. The molecule has 0 bridgehead atoms. The van der Waals surface area contributed by atoms with E-state index in [4.69, 9.17) is 18.6 Å². The lowest BCUT2D eigenvalue weighted by Crippen LogP contribution is -2.28. The lowest BCUT2D eigenvalue weighted by atomic mass is 9.99. The van der Waals surface area contributed by atoms with Gasteiger partial charge in [-0.15, -0.1) is 0 Å². The van der Waals surface area contributed by atoms with Crippen LogP contribution in [-0.4, -0.2) is 127 Å². The molecule has 380 valence electrons. The average Bonchev–Trinajstić information content (AvgIpc) is 4.10. The Morgan fingerprint density at radius 1 is 0.629 bits per heavy atom. The average molecular weight is 1010 g/mol. The van der Waals surface area contributed by atoms with Gasteiger partial charge in [0.15, 0.2) is 11.6 Å². The van der Waals surface area contributed by atoms with Gasteiger partial charge in [-0.1, -0.05) is 0 Å². The van der Waals surface area contributed by atoms with Crippen molar-refractivity contribution in [3.05, 3.63) is 71.8 Å². The molecule has 4 aromatic heterocycles. The number of ether oxygens (including phenoxy) is 2. The molecule has 2 aromatic carbocycles. The van der Waals surface area contributed by atoms with E-state index in [0.29, 0.717) is 62.4 Å². The number of nitrogens with zero attached hydrogens (tertiary/aromatic N) is 6. The van der Waals surface area contributed by atoms with Crippen molar-refractivity contribution >= 4 is 66.3 Å². The van der Waals surface area contributed by atoms with Crippen LogP contribution in [0.4, 0.5) is 21.5 Å². The number of amides is 4. The van der Waals surface area contributed by atoms with Gasteiger partial charge in [-0.2, -0.15) is 16.8 Å². The lowest BCUT2D eigenvalue weighted by molar-refractivity contribution is 0.0682. The summed E-state index contributed by atoms with van der Waals surface area (Å²) in [5.41, 5.74) is 6.29. The molecule has 8 rings (SSSR count). The van der Waals surface area contributed by atoms with E-state index >= 15 is 0 Å². The van der Waals surface area contributed by atoms with Gasteiger partial charge in [0, 0.05) is 73.3 Å². The quantitative estimate of drug-likeness (QED) is 0.0758. The lowest BCUT2D eigenvalue weighted by Gasteiger charge is -2.16. The van der Waals surface area contributed by atoms with E-state index < -0.39 is 31.4 Å². The van der Waals surface area contributed by atoms with Gasteiger partial charge in [0.1, 0.15) is 11.2 Å². The molecule has 2 aliphatic heterocycles. The van der Waals surface area contributed by atoms with Gasteiger partial charge < -0.3 is 40.3 Å². The molecule has 24 nitrogen and oxygen atoms in total. The summed E-state index contributed by atoms with van der Waals surface area (Å²) < 4.78 is 63.6. The summed E-state index contributed by atoms with van der Waals surface area (Å²) in [5, 5.41) is 31.0. The van der Waals surface area contributed by atoms with Gasteiger partial charge in [-0.05, 0) is 103 Å². The van der Waals surface area contributed by atoms with Crippen LogP contribution in [0.3, 0.4) is 0 Å². The van der Waals surface area contributed by atoms with Gasteiger partial charge in [0.25, 0.3) is 20.2 Å². The predicted molar refractivity (Wildman–Crippen MR) is 261 cm³/mol. The van der Waals surface area contributed by atoms with Crippen LogP contribution in [0.2, 0.25) is 0 Å². The first-order chi connectivity index (χ1) is 32.7. The molecule has 70 heavy (non-hydrogen) atoms. The Morgan fingerprint density at radius 2 is 0.957 bits per heavy atom. The number of fused-ring (bicyclic) bond motifs is 2. The highest BCUT2D eigenvalue weighted by Gasteiger charge is 2.26. The number of urea groups is 2. The minimum atomic E-state index is -3.67. The molecule has 0 aliphatic carbocycles. The molecule has 0 saturated carbocycles. The monoisotopic (exact) mass is 1010 g/mol. The Balaban J connectivity index is 0.000000219. The standard InChI is InChI=1S/2C21H26N6O3.2CH4O3S/c2*1-4-22-20(28)27-19-25-15-9-12(13-10-23-18(24-11-13)21(2,3)29)8-14(17(15)26-19)16-6-5-7-30-16;2*1-5(2,3)4/h2*8-11,16,29H,4-7H2,1-3H3,(H3,22,25,26,27,28);2*1H3,(H,2,3,4)/t2*16-;;/m11../s1. The summed E-state index contributed by atoms with van der Waals surface area (Å²) in [6, 6.07) is 7.35. The Kier molecular flexibility index (Phi) is 18.0. The fourth-order valence-electron chi connectivity index (χ4n) is 7.09. The summed E-state index contributed by atoms with van der Waals surface area (Å²) in [6.45, 7) is 12.8. The van der Waals surface area contributed by atoms with Crippen molar-refractivity contribution < 1.29 is 55.2 Å². The molecule has 2 atom stereocenters. The number of anilines is 2. The number of rotatable bonds is 10. The number of aliphatic hydroxyl groups is 2. The smallest absolute Gasteiger partial charge is 0.321 e. The molecule has 0 unspecified atom stereocenters. The zero-order valence-electron chi connectivity index (χ0n) is 40.0. The molecule has 26 heteroatoms. The third kappa shape index (κ3) is 16.4. The van der Waals surface area contributed by atoms with E-state index in [1.54, 1.807) is 52.5 Å². The van der Waals surface area contributed by atoms with Crippen molar-refractivity contribution in [1.82, 2.24) is 50.5 Å². The summed E-state index contributed by atoms with van der Waals surface area (Å²) >= 11 is 0. The first-order valence-electron chi connectivity index (χ1n) is 22.1. The minimum absolute atomic E-state index is 0.0513. The van der Waals surface area contributed by atoms with Crippen LogP contribution in [0.25, 0.3) is 44.3 Å². The number of hydrogen-bond donors (Lipinski definition) is 10. The normalized spacial score (nSPS) is 16.0. The highest BCUT2D eigenvalue weighted by atomic mass is 32.2. The third-order valence-electron chi connectivity index (χ3n) is 9.99. The fraction of sp³-hybridized carbons (Fsp3) is 0.455. The topological polar surface area (TPSA) is 359 Å². The van der Waals surface area contributed by atoms with Crippen molar-refractivity contribution in [1.29, 1.82) is 0 Å². The van der Waals surface area contributed by atoms with Crippen LogP contribution < -0.4 is 21.3 Å². The molecule has 0 spiro atoms. The second-order valence-electron chi connectivity index (χ2n) is 17.2. The number of aromatic amines is 2. The van der Waals surface area contributed by atoms with Crippen LogP contribution in [0.5, 0.6) is 0 Å². The zero-order valence-corrected chi connectivity index (χ0v) is 41.6. The van der Waals surface area contributed by atoms with E-state index in [2.05, 4.69) is 61.1 Å². The number of aromatic nitrogens is 8. The zero-order chi connectivity index (χ0) is 51.6. The first kappa shape index (κ1) is 54.7. The van der Waals surface area contributed by atoms with E-state index in [0.717, 1.165) is 81.1 Å². The molecular formula is C44H60N12O12S2. The Hall–Kier alpha value is -6.26. The first-order valence-corrected chi connectivity index (χ1v) is 25.8. The maximum atomic E-state index is 11.9. The van der Waals surface area contributed by atoms with Crippen LogP contribution in [-0.2, 0) is 40.9 Å². The summed E-state index contributed by atoms with van der Waals surface area (Å²) in [7, 11) is -7.33. The van der Waals surface area contributed by atoms with E-state index in [9.17, 15) is 36.6 Å². The SMILES string of the molecule is CCNC(=O)Nc1nc2c([C@H]3CCCO3)cc(-c3cnc(C(C)(C)O)nc3)cc2[nH]1.CCNC(=O)Nc1nc2c([C@H]3CCCO3)cc(-c3cnc(C(C)(C)O)nc3)cc2[nH]1.CS(=O)(=O)O.CS(=O)(=O)O. The van der Waals surface area contributed by atoms with Crippen LogP contribution in [0.1, 0.15) is 102 Å². The summed E-state index contributed by atoms with van der Waals surface area (Å²) in [4.78, 5) is 56.6. The second kappa shape index (κ2) is 23.1. The van der Waals surface area contributed by atoms with Crippen molar-refractivity contribution in [2.45, 2.75) is 90.6 Å². The maximum absolute atomic E-state index is 11.9. The molecule has 4 amide bonds. The second-order valence-corrected chi connectivity index (χ2v) is 20.2. The third-order valence-corrected chi connectivity index (χ3v) is 9.99. The largest absolute Gasteiger partial charge is 0.382 e. The van der Waals surface area contributed by atoms with Crippen LogP contribution in [0.15, 0.2) is 49.1 Å². The molecule has 6 heterocycles. The Bertz CT molecular complexity index is 2740. The van der Waals surface area contributed by atoms with Gasteiger partial charge >= 0.3 is 12.1 Å². The van der Waals surface area contributed by atoms with E-state index in [1.807, 2.05) is 38.1 Å². The molecular weight excluding hydrogens is 953 g/mol. The molecule has 2 saturated heterocycles. The number of carbonyl (C=O) groups is 2. The molecule has 10 N–H and O–H groups in total. The number of nitrogens with one attached hydrogen (secondary N) is 6. The molecule has 2 fully saturated rings. The van der Waals surface area contributed by atoms with Crippen molar-refractivity contribution in [3.8, 4) is 22.3 Å². The highest BCUT2D eigenvalue weighted by Crippen LogP contribution is 2.38. The van der Waals surface area contributed by atoms with Gasteiger partial charge in [0.05, 0.1) is 46.8 Å². The Labute approximate surface area is 404 Å². The van der Waals surface area contributed by atoms with E-state index in [1.165, 1.54) is 0 Å². The predicted octanol–water partition coefficient (Wildman–Crippen LogP) is 5.49. The van der Waals surface area contributed by atoms with Crippen molar-refractivity contribution in [2.75, 3.05) is 49.4 Å². The number of hydrogen-bond acceptors (Lipinski definition) is 16. The molecule has 0 radical (unpaired) electrons. The highest BCUT2D eigenvalue weighted by molar-refractivity contribution is 7.85. The van der Waals surface area contributed by atoms with Gasteiger partial charge in [0.2, 0.25) is 11.9 Å². The maximum Gasteiger partial charge on any atom is 0.321 e. The van der Waals surface area contributed by atoms with Crippen LogP contribution >= 0.6 is 0 Å². The van der Waals surface area contributed by atoms with Gasteiger partial charge in [-0.3, -0.25) is 19.7 Å². The number of benzene rings is 2. The van der Waals surface area contributed by atoms with Crippen molar-refractivity contribution in [3.63, 3.8) is 0 Å². The van der Waals surface area contributed by atoms with Crippen LogP contribution in [0, 0.1) is 0 Å². The summed E-state index contributed by atoms with van der Waals surface area (Å²) in [6.07, 6.45) is 11.9. The molecule has 2 aliphatic rings. The summed E-state index contributed by atoms with van der Waals surface area (Å²) in [5.74, 6) is 1.48. The minimum Gasteiger partial charge on any atom is -0.382 e. The van der Waals surface area contributed by atoms with Gasteiger partial charge in [-0.25, -0.2) is 39.5 Å².